The van der Waals surface area contributed by atoms with Crippen LogP contribution in [-0.4, -0.2) is 16.8 Å². The summed E-state index contributed by atoms with van der Waals surface area (Å²) in [5, 5.41) is 7.62. The molecule has 1 N–H and O–H groups in total. The predicted octanol–water partition coefficient (Wildman–Crippen LogP) is 4.29. The third-order valence-electron chi connectivity index (χ3n) is 3.00. The Kier molecular flexibility index (Phi) is 5.84. The van der Waals surface area contributed by atoms with E-state index >= 15 is 0 Å². The highest BCUT2D eigenvalue weighted by molar-refractivity contribution is 9.11. The van der Waals surface area contributed by atoms with Crippen LogP contribution in [0, 0.1) is 0 Å². The van der Waals surface area contributed by atoms with Gasteiger partial charge in [-0.2, -0.15) is 5.10 Å². The summed E-state index contributed by atoms with van der Waals surface area (Å²) in [6.45, 7) is 5.47. The van der Waals surface area contributed by atoms with Gasteiger partial charge < -0.3 is 10.1 Å². The maximum Gasteiger partial charge on any atom is 0.148 e. The molecule has 4 nitrogen and oxygen atoms in total. The summed E-state index contributed by atoms with van der Waals surface area (Å²) in [6.07, 6.45) is 1.98. The molecule has 0 aliphatic carbocycles. The molecule has 114 valence electrons. The van der Waals surface area contributed by atoms with Gasteiger partial charge in [0.1, 0.15) is 12.4 Å². The van der Waals surface area contributed by atoms with Gasteiger partial charge in [-0.15, -0.1) is 0 Å². The van der Waals surface area contributed by atoms with Gasteiger partial charge in [-0.1, -0.05) is 0 Å². The van der Waals surface area contributed by atoms with Crippen molar-refractivity contribution >= 4 is 31.9 Å². The lowest BCUT2D eigenvalue weighted by Gasteiger charge is -2.11. The number of ether oxygens (including phenoxy) is 1. The van der Waals surface area contributed by atoms with Crippen LogP contribution in [-0.2, 0) is 13.2 Å². The van der Waals surface area contributed by atoms with Gasteiger partial charge in [0.25, 0.3) is 0 Å². The summed E-state index contributed by atoms with van der Waals surface area (Å²) in [4.78, 5) is 0. The SMILES string of the molecule is CNCc1cc(Br)c(OCc2ccn(C(C)C)n2)c(Br)c1. The first-order valence-corrected chi connectivity index (χ1v) is 8.39. The molecular weight excluding hydrogens is 398 g/mol. The number of nitrogens with zero attached hydrogens (tertiary/aromatic N) is 2. The summed E-state index contributed by atoms with van der Waals surface area (Å²) < 4.78 is 9.69. The molecule has 0 saturated heterocycles. The largest absolute Gasteiger partial charge is 0.485 e. The maximum absolute atomic E-state index is 5.89. The minimum absolute atomic E-state index is 0.359. The molecule has 0 radical (unpaired) electrons. The number of rotatable bonds is 6. The van der Waals surface area contributed by atoms with Crippen molar-refractivity contribution in [1.82, 2.24) is 15.1 Å². The summed E-state index contributed by atoms with van der Waals surface area (Å²) >= 11 is 7.12. The number of halogens is 2. The topological polar surface area (TPSA) is 39.1 Å². The van der Waals surface area contributed by atoms with Gasteiger partial charge in [0.05, 0.1) is 14.6 Å². The Bertz CT molecular complexity index is 588. The highest BCUT2D eigenvalue weighted by atomic mass is 79.9. The van der Waals surface area contributed by atoms with Crippen molar-refractivity contribution in [2.45, 2.75) is 33.0 Å². The van der Waals surface area contributed by atoms with E-state index in [-0.39, 0.29) is 0 Å². The van der Waals surface area contributed by atoms with Crippen LogP contribution in [0.15, 0.2) is 33.3 Å². The van der Waals surface area contributed by atoms with E-state index < -0.39 is 0 Å². The van der Waals surface area contributed by atoms with Crippen molar-refractivity contribution in [1.29, 1.82) is 0 Å². The van der Waals surface area contributed by atoms with E-state index in [4.69, 9.17) is 4.74 Å². The second-order valence-electron chi connectivity index (χ2n) is 5.09. The average Bonchev–Trinajstić information content (AvgIpc) is 2.87. The van der Waals surface area contributed by atoms with Gasteiger partial charge in [0, 0.05) is 18.8 Å². The number of benzene rings is 1. The third-order valence-corrected chi connectivity index (χ3v) is 4.17. The van der Waals surface area contributed by atoms with Crippen LogP contribution in [0.25, 0.3) is 0 Å². The van der Waals surface area contributed by atoms with Gasteiger partial charge in [-0.25, -0.2) is 0 Å². The zero-order valence-electron chi connectivity index (χ0n) is 12.4. The van der Waals surface area contributed by atoms with Crippen LogP contribution in [0.4, 0.5) is 0 Å². The summed E-state index contributed by atoms with van der Waals surface area (Å²) in [7, 11) is 1.93. The van der Waals surface area contributed by atoms with Gasteiger partial charge >= 0.3 is 0 Å². The van der Waals surface area contributed by atoms with Crippen molar-refractivity contribution in [2.75, 3.05) is 7.05 Å². The monoisotopic (exact) mass is 415 g/mol. The molecule has 0 saturated carbocycles. The molecule has 0 atom stereocenters. The van der Waals surface area contributed by atoms with Gasteiger partial charge in [0.15, 0.2) is 0 Å². The van der Waals surface area contributed by atoms with Crippen molar-refractivity contribution in [3.63, 3.8) is 0 Å². The first kappa shape index (κ1) is 16.5. The molecule has 21 heavy (non-hydrogen) atoms. The minimum Gasteiger partial charge on any atom is -0.485 e. The number of aromatic nitrogens is 2. The Labute approximate surface area is 142 Å². The van der Waals surface area contributed by atoms with E-state index in [1.807, 2.05) is 24.0 Å². The van der Waals surface area contributed by atoms with Crippen molar-refractivity contribution in [2.24, 2.45) is 0 Å². The first-order chi connectivity index (χ1) is 10.0. The van der Waals surface area contributed by atoms with E-state index in [0.717, 1.165) is 26.9 Å². The van der Waals surface area contributed by atoms with Crippen molar-refractivity contribution in [3.05, 3.63) is 44.6 Å². The molecule has 1 heterocycles. The van der Waals surface area contributed by atoms with Crippen LogP contribution in [0.5, 0.6) is 5.75 Å². The lowest BCUT2D eigenvalue weighted by atomic mass is 10.2. The fourth-order valence-corrected chi connectivity index (χ4v) is 3.45. The van der Waals surface area contributed by atoms with Crippen LogP contribution < -0.4 is 10.1 Å². The number of nitrogens with one attached hydrogen (secondary N) is 1. The Morgan fingerprint density at radius 2 is 1.95 bits per heavy atom. The lowest BCUT2D eigenvalue weighted by molar-refractivity contribution is 0.295. The van der Waals surface area contributed by atoms with Gasteiger partial charge in [-0.3, -0.25) is 4.68 Å². The van der Waals surface area contributed by atoms with Crippen molar-refractivity contribution in [3.8, 4) is 5.75 Å². The standard InChI is InChI=1S/C15H19Br2N3O/c1-10(2)20-5-4-12(19-20)9-21-15-13(16)6-11(8-18-3)7-14(15)17/h4-7,10,18H,8-9H2,1-3H3. The normalized spacial score (nSPS) is 11.1. The zero-order chi connectivity index (χ0) is 15.4. The van der Waals surface area contributed by atoms with E-state index in [1.54, 1.807) is 0 Å². The number of hydrogen-bond acceptors (Lipinski definition) is 3. The highest BCUT2D eigenvalue weighted by Crippen LogP contribution is 2.35. The Balaban J connectivity index is 2.08. The third kappa shape index (κ3) is 4.31. The lowest BCUT2D eigenvalue weighted by Crippen LogP contribution is -2.06. The molecule has 1 aromatic heterocycles. The smallest absolute Gasteiger partial charge is 0.148 e. The second-order valence-corrected chi connectivity index (χ2v) is 6.80. The second kappa shape index (κ2) is 7.42. The molecule has 0 spiro atoms. The van der Waals surface area contributed by atoms with E-state index in [0.29, 0.717) is 12.6 Å². The Morgan fingerprint density at radius 1 is 1.29 bits per heavy atom. The quantitative estimate of drug-likeness (QED) is 0.763. The molecule has 2 aromatic rings. The predicted molar refractivity (Wildman–Crippen MR) is 91.5 cm³/mol. The molecule has 0 aliphatic heterocycles. The summed E-state index contributed by atoms with van der Waals surface area (Å²) in [5.41, 5.74) is 2.11. The zero-order valence-corrected chi connectivity index (χ0v) is 15.5. The summed E-state index contributed by atoms with van der Waals surface area (Å²) in [6, 6.07) is 6.46. The van der Waals surface area contributed by atoms with Crippen LogP contribution in [0.1, 0.15) is 31.1 Å². The molecule has 0 aliphatic rings. The molecule has 2 rings (SSSR count). The number of hydrogen-bond donors (Lipinski definition) is 1. The van der Waals surface area contributed by atoms with E-state index in [9.17, 15) is 0 Å². The first-order valence-electron chi connectivity index (χ1n) is 6.80. The molecule has 0 unspecified atom stereocenters. The van der Waals surface area contributed by atoms with E-state index in [2.05, 4.69) is 68.3 Å². The van der Waals surface area contributed by atoms with Crippen LogP contribution in [0.2, 0.25) is 0 Å². The van der Waals surface area contributed by atoms with E-state index in [1.165, 1.54) is 5.56 Å². The van der Waals surface area contributed by atoms with Crippen molar-refractivity contribution < 1.29 is 4.74 Å². The van der Waals surface area contributed by atoms with Crippen LogP contribution >= 0.6 is 31.9 Å². The fraction of sp³-hybridized carbons (Fsp3) is 0.400. The Hall–Kier alpha value is -0.850. The van der Waals surface area contributed by atoms with Gasteiger partial charge in [0.2, 0.25) is 0 Å². The average molecular weight is 417 g/mol. The molecule has 0 amide bonds. The molecule has 0 bridgehead atoms. The fourth-order valence-electron chi connectivity index (χ4n) is 1.94. The molecule has 6 heteroatoms. The maximum atomic E-state index is 5.89. The molecular formula is C15H19Br2N3O. The molecule has 0 fully saturated rings. The Morgan fingerprint density at radius 3 is 2.48 bits per heavy atom. The van der Waals surface area contributed by atoms with Gasteiger partial charge in [-0.05, 0) is 76.5 Å². The summed E-state index contributed by atoms with van der Waals surface area (Å²) in [5.74, 6) is 0.800. The molecule has 1 aromatic carbocycles. The van der Waals surface area contributed by atoms with Crippen LogP contribution in [0.3, 0.4) is 0 Å². The highest BCUT2D eigenvalue weighted by Gasteiger charge is 2.10. The minimum atomic E-state index is 0.359.